The molecule has 1 aromatic carbocycles. The number of likely N-dealkylation sites (tertiary alicyclic amines) is 1. The van der Waals surface area contributed by atoms with Crippen LogP contribution in [0.15, 0.2) is 12.1 Å². The number of hydrogen-bond acceptors (Lipinski definition) is 3. The number of rotatable bonds is 1. The average Bonchev–Trinajstić information content (AvgIpc) is 2.37. The van der Waals surface area contributed by atoms with Crippen LogP contribution in [0.3, 0.4) is 0 Å². The van der Waals surface area contributed by atoms with Crippen molar-refractivity contribution in [3.63, 3.8) is 0 Å². The summed E-state index contributed by atoms with van der Waals surface area (Å²) in [6, 6.07) is 4.45. The first-order valence-corrected chi connectivity index (χ1v) is 7.72. The van der Waals surface area contributed by atoms with Crippen LogP contribution in [0, 0.1) is 19.8 Å². The predicted octanol–water partition coefficient (Wildman–Crippen LogP) is 2.83. The third-order valence-corrected chi connectivity index (χ3v) is 4.61. The molecule has 110 valence electrons. The molecular weight excluding hydrogens is 250 g/mol. The summed E-state index contributed by atoms with van der Waals surface area (Å²) in [5.74, 6) is 1.71. The van der Waals surface area contributed by atoms with E-state index in [1.807, 2.05) is 0 Å². The summed E-state index contributed by atoms with van der Waals surface area (Å²) in [6.45, 7) is 9.09. The molecule has 3 rings (SSSR count). The zero-order valence-corrected chi connectivity index (χ0v) is 12.7. The van der Waals surface area contributed by atoms with E-state index in [0.717, 1.165) is 18.8 Å². The number of fused-ring (bicyclic) bond motifs is 1. The molecule has 0 spiro atoms. The van der Waals surface area contributed by atoms with Crippen molar-refractivity contribution in [3.8, 4) is 5.75 Å². The second kappa shape index (κ2) is 5.38. The van der Waals surface area contributed by atoms with Gasteiger partial charge in [-0.3, -0.25) is 4.90 Å². The maximum absolute atomic E-state index is 10.5. The minimum atomic E-state index is -0.422. The van der Waals surface area contributed by atoms with E-state index in [1.54, 1.807) is 0 Å². The van der Waals surface area contributed by atoms with Gasteiger partial charge < -0.3 is 9.84 Å². The SMILES string of the molecule is Cc1cc(C)c2c(c1)C(N1CCCC(C)C1)C(O)CO2. The first-order valence-electron chi connectivity index (χ1n) is 7.72. The highest BCUT2D eigenvalue weighted by atomic mass is 16.5. The van der Waals surface area contributed by atoms with E-state index in [2.05, 4.69) is 37.8 Å². The molecule has 2 aliphatic heterocycles. The van der Waals surface area contributed by atoms with E-state index in [4.69, 9.17) is 4.74 Å². The van der Waals surface area contributed by atoms with Gasteiger partial charge >= 0.3 is 0 Å². The van der Waals surface area contributed by atoms with Crippen LogP contribution in [0.4, 0.5) is 0 Å². The lowest BCUT2D eigenvalue weighted by Gasteiger charge is -2.42. The Morgan fingerprint density at radius 2 is 2.10 bits per heavy atom. The number of aliphatic hydroxyl groups is 1. The van der Waals surface area contributed by atoms with Crippen LogP contribution < -0.4 is 4.74 Å². The molecule has 2 aliphatic rings. The van der Waals surface area contributed by atoms with E-state index < -0.39 is 6.10 Å². The molecule has 0 aromatic heterocycles. The molecule has 1 fully saturated rings. The molecule has 3 atom stereocenters. The molecule has 0 amide bonds. The Bertz CT molecular complexity index is 500. The van der Waals surface area contributed by atoms with Crippen LogP contribution >= 0.6 is 0 Å². The van der Waals surface area contributed by atoms with Gasteiger partial charge in [-0.25, -0.2) is 0 Å². The fraction of sp³-hybridized carbons (Fsp3) is 0.647. The van der Waals surface area contributed by atoms with Crippen LogP contribution in [0.2, 0.25) is 0 Å². The molecule has 3 unspecified atom stereocenters. The monoisotopic (exact) mass is 275 g/mol. The van der Waals surface area contributed by atoms with Crippen LogP contribution in [-0.4, -0.2) is 35.8 Å². The van der Waals surface area contributed by atoms with Crippen molar-refractivity contribution < 1.29 is 9.84 Å². The predicted molar refractivity (Wildman–Crippen MR) is 80.1 cm³/mol. The standard InChI is InChI=1S/C17H25NO2/c1-11-5-4-6-18(9-11)16-14-8-12(2)7-13(3)17(14)20-10-15(16)19/h7-8,11,15-16,19H,4-6,9-10H2,1-3H3. The fourth-order valence-electron chi connectivity index (χ4n) is 3.79. The smallest absolute Gasteiger partial charge is 0.127 e. The van der Waals surface area contributed by atoms with Crippen molar-refractivity contribution in [2.75, 3.05) is 19.7 Å². The first-order chi connectivity index (χ1) is 9.56. The lowest BCUT2D eigenvalue weighted by molar-refractivity contribution is -0.0143. The number of hydrogen-bond donors (Lipinski definition) is 1. The topological polar surface area (TPSA) is 32.7 Å². The normalized spacial score (nSPS) is 30.7. The lowest BCUT2D eigenvalue weighted by atomic mass is 9.90. The molecule has 20 heavy (non-hydrogen) atoms. The van der Waals surface area contributed by atoms with Gasteiger partial charge in [-0.1, -0.05) is 24.6 Å². The van der Waals surface area contributed by atoms with Gasteiger partial charge in [0.15, 0.2) is 0 Å². The number of aliphatic hydroxyl groups excluding tert-OH is 1. The van der Waals surface area contributed by atoms with E-state index >= 15 is 0 Å². The minimum absolute atomic E-state index is 0.0973. The van der Waals surface area contributed by atoms with Crippen LogP contribution in [0.25, 0.3) is 0 Å². The number of ether oxygens (including phenoxy) is 1. The number of aryl methyl sites for hydroxylation is 2. The Morgan fingerprint density at radius 1 is 1.30 bits per heavy atom. The first kappa shape index (κ1) is 13.9. The van der Waals surface area contributed by atoms with Crippen molar-refractivity contribution in [2.24, 2.45) is 5.92 Å². The fourth-order valence-corrected chi connectivity index (χ4v) is 3.79. The summed E-state index contributed by atoms with van der Waals surface area (Å²) in [5.41, 5.74) is 3.60. The quantitative estimate of drug-likeness (QED) is 0.855. The van der Waals surface area contributed by atoms with Gasteiger partial charge in [0.1, 0.15) is 18.5 Å². The van der Waals surface area contributed by atoms with Crippen LogP contribution in [-0.2, 0) is 0 Å². The van der Waals surface area contributed by atoms with Crippen LogP contribution in [0.5, 0.6) is 5.75 Å². The molecule has 2 heterocycles. The molecular formula is C17H25NO2. The van der Waals surface area contributed by atoms with E-state index in [-0.39, 0.29) is 6.04 Å². The third kappa shape index (κ3) is 2.45. The van der Waals surface area contributed by atoms with Gasteiger partial charge in [0.25, 0.3) is 0 Å². The van der Waals surface area contributed by atoms with Crippen molar-refractivity contribution >= 4 is 0 Å². The van der Waals surface area contributed by atoms with Crippen molar-refractivity contribution in [1.29, 1.82) is 0 Å². The Morgan fingerprint density at radius 3 is 2.85 bits per heavy atom. The van der Waals surface area contributed by atoms with Gasteiger partial charge in [0.05, 0.1) is 6.04 Å². The summed E-state index contributed by atoms with van der Waals surface area (Å²) in [6.07, 6.45) is 2.11. The van der Waals surface area contributed by atoms with Crippen molar-refractivity contribution in [1.82, 2.24) is 4.90 Å². The van der Waals surface area contributed by atoms with Gasteiger partial charge in [0.2, 0.25) is 0 Å². The molecule has 0 radical (unpaired) electrons. The summed E-state index contributed by atoms with van der Waals surface area (Å²) in [5, 5.41) is 10.5. The Balaban J connectivity index is 1.98. The molecule has 1 N–H and O–H groups in total. The highest BCUT2D eigenvalue weighted by Gasteiger charge is 2.36. The number of nitrogens with zero attached hydrogens (tertiary/aromatic N) is 1. The number of benzene rings is 1. The van der Waals surface area contributed by atoms with Gasteiger partial charge in [0, 0.05) is 12.1 Å². The van der Waals surface area contributed by atoms with Crippen molar-refractivity contribution in [2.45, 2.75) is 45.8 Å². The molecule has 3 nitrogen and oxygen atoms in total. The second-order valence-corrected chi connectivity index (χ2v) is 6.57. The highest BCUT2D eigenvalue weighted by molar-refractivity contribution is 5.47. The van der Waals surface area contributed by atoms with Crippen LogP contribution in [0.1, 0.15) is 42.5 Å². The molecule has 0 bridgehead atoms. The third-order valence-electron chi connectivity index (χ3n) is 4.61. The highest BCUT2D eigenvalue weighted by Crippen LogP contribution is 2.40. The van der Waals surface area contributed by atoms with Gasteiger partial charge in [-0.15, -0.1) is 0 Å². The minimum Gasteiger partial charge on any atom is -0.490 e. The molecule has 0 aliphatic carbocycles. The summed E-state index contributed by atoms with van der Waals surface area (Å²) in [7, 11) is 0. The zero-order valence-electron chi connectivity index (χ0n) is 12.7. The molecule has 3 heteroatoms. The summed E-state index contributed by atoms with van der Waals surface area (Å²) < 4.78 is 5.79. The summed E-state index contributed by atoms with van der Waals surface area (Å²) >= 11 is 0. The Hall–Kier alpha value is -1.06. The van der Waals surface area contributed by atoms with Gasteiger partial charge in [-0.2, -0.15) is 0 Å². The van der Waals surface area contributed by atoms with Gasteiger partial charge in [-0.05, 0) is 44.7 Å². The summed E-state index contributed by atoms with van der Waals surface area (Å²) in [4.78, 5) is 2.46. The molecule has 0 saturated carbocycles. The van der Waals surface area contributed by atoms with E-state index in [1.165, 1.54) is 29.5 Å². The van der Waals surface area contributed by atoms with E-state index in [0.29, 0.717) is 12.5 Å². The maximum atomic E-state index is 10.5. The number of piperidine rings is 1. The largest absolute Gasteiger partial charge is 0.490 e. The second-order valence-electron chi connectivity index (χ2n) is 6.57. The van der Waals surface area contributed by atoms with Crippen molar-refractivity contribution in [3.05, 3.63) is 28.8 Å². The zero-order chi connectivity index (χ0) is 14.3. The van der Waals surface area contributed by atoms with E-state index in [9.17, 15) is 5.11 Å². The molecule has 1 aromatic rings. The lowest BCUT2D eigenvalue weighted by Crippen LogP contribution is -2.46. The molecule has 1 saturated heterocycles. The average molecular weight is 275 g/mol. The Labute approximate surface area is 121 Å². The Kier molecular flexibility index (Phi) is 3.74. The maximum Gasteiger partial charge on any atom is 0.127 e.